The number of hydrogen-bond acceptors (Lipinski definition) is 3. The van der Waals surface area contributed by atoms with Crippen LogP contribution in [0.5, 0.6) is 5.75 Å². The summed E-state index contributed by atoms with van der Waals surface area (Å²) in [6, 6.07) is 15.0. The largest absolute Gasteiger partial charge is 0.488 e. The van der Waals surface area contributed by atoms with E-state index in [0.29, 0.717) is 23.8 Å². The first-order valence-corrected chi connectivity index (χ1v) is 8.63. The molecule has 1 aromatic heterocycles. The van der Waals surface area contributed by atoms with Crippen LogP contribution >= 0.6 is 11.6 Å². The van der Waals surface area contributed by atoms with E-state index in [1.807, 2.05) is 49.4 Å². The fraction of sp³-hybridized carbons (Fsp3) is 0.250. The molecule has 0 fully saturated rings. The molecule has 1 heterocycles. The average molecular weight is 359 g/mol. The number of rotatable bonds is 6. The monoisotopic (exact) mass is 358 g/mol. The molecule has 0 aliphatic heterocycles. The van der Waals surface area contributed by atoms with E-state index in [2.05, 4.69) is 7.05 Å². The van der Waals surface area contributed by atoms with Gasteiger partial charge in [-0.05, 0) is 36.8 Å². The van der Waals surface area contributed by atoms with Gasteiger partial charge in [0.15, 0.2) is 0 Å². The minimum absolute atomic E-state index is 0.336. The number of fused-ring (bicyclic) bond motifs is 1. The third-order valence-electron chi connectivity index (χ3n) is 4.14. The summed E-state index contributed by atoms with van der Waals surface area (Å²) in [5.74, 6) is 0.864. The van der Waals surface area contributed by atoms with Crippen molar-refractivity contribution in [2.75, 3.05) is 20.2 Å². The van der Waals surface area contributed by atoms with Gasteiger partial charge in [0.1, 0.15) is 31.0 Å². The molecule has 1 atom stereocenters. The quantitative estimate of drug-likeness (QED) is 0.689. The molecule has 0 saturated heterocycles. The first-order valence-electron chi connectivity index (χ1n) is 8.25. The number of aryl methyl sites for hydroxylation is 1. The highest BCUT2D eigenvalue weighted by molar-refractivity contribution is 6.32. The van der Waals surface area contributed by atoms with Crippen molar-refractivity contribution >= 4 is 22.6 Å². The standard InChI is InChI=1S/C20H20ClNO3/c1-14-10-19-17(12-18(14)21)15(11-20(23)25-19)13-22(2)8-9-24-16-6-4-3-5-7-16/h3-7,10-12H,8-9,13H2,1-2H3/p+1. The van der Waals surface area contributed by atoms with Gasteiger partial charge in [-0.15, -0.1) is 0 Å². The van der Waals surface area contributed by atoms with Gasteiger partial charge in [0.2, 0.25) is 0 Å². The zero-order valence-corrected chi connectivity index (χ0v) is 15.1. The van der Waals surface area contributed by atoms with E-state index in [4.69, 9.17) is 20.8 Å². The second kappa shape index (κ2) is 7.72. The van der Waals surface area contributed by atoms with Crippen LogP contribution in [0.2, 0.25) is 5.02 Å². The Labute approximate surface area is 151 Å². The average Bonchev–Trinajstić information content (AvgIpc) is 2.57. The van der Waals surface area contributed by atoms with Crippen LogP contribution in [0.3, 0.4) is 0 Å². The third-order valence-corrected chi connectivity index (χ3v) is 4.55. The highest BCUT2D eigenvalue weighted by Gasteiger charge is 2.12. The predicted octanol–water partition coefficient (Wildman–Crippen LogP) is 2.85. The molecule has 5 heteroatoms. The summed E-state index contributed by atoms with van der Waals surface area (Å²) in [6.07, 6.45) is 0. The highest BCUT2D eigenvalue weighted by Crippen LogP contribution is 2.24. The molecule has 0 spiro atoms. The van der Waals surface area contributed by atoms with Gasteiger partial charge in [0.25, 0.3) is 0 Å². The van der Waals surface area contributed by atoms with Gasteiger partial charge < -0.3 is 14.1 Å². The molecule has 2 aromatic carbocycles. The predicted molar refractivity (Wildman–Crippen MR) is 99.6 cm³/mol. The zero-order valence-electron chi connectivity index (χ0n) is 14.3. The van der Waals surface area contributed by atoms with E-state index in [0.717, 1.165) is 28.8 Å². The van der Waals surface area contributed by atoms with Crippen LogP contribution in [0.1, 0.15) is 11.1 Å². The van der Waals surface area contributed by atoms with Gasteiger partial charge in [-0.1, -0.05) is 29.8 Å². The summed E-state index contributed by atoms with van der Waals surface area (Å²) in [7, 11) is 2.07. The van der Waals surface area contributed by atoms with Crippen LogP contribution < -0.4 is 15.3 Å². The lowest BCUT2D eigenvalue weighted by Gasteiger charge is -2.15. The van der Waals surface area contributed by atoms with Crippen LogP contribution in [0.25, 0.3) is 11.0 Å². The van der Waals surface area contributed by atoms with Crippen molar-refractivity contribution in [3.05, 3.63) is 75.1 Å². The van der Waals surface area contributed by atoms with Crippen molar-refractivity contribution in [1.29, 1.82) is 0 Å². The number of hydrogen-bond donors (Lipinski definition) is 1. The van der Waals surface area contributed by atoms with Gasteiger partial charge >= 0.3 is 5.63 Å². The Morgan fingerprint density at radius 1 is 1.16 bits per heavy atom. The van der Waals surface area contributed by atoms with Crippen LogP contribution in [0, 0.1) is 6.92 Å². The second-order valence-corrected chi connectivity index (χ2v) is 6.64. The Kier molecular flexibility index (Phi) is 5.41. The van der Waals surface area contributed by atoms with Crippen molar-refractivity contribution in [3.8, 4) is 5.75 Å². The number of halogens is 1. The number of nitrogens with one attached hydrogen (secondary N) is 1. The molecule has 25 heavy (non-hydrogen) atoms. The molecule has 1 unspecified atom stereocenters. The molecule has 0 bridgehead atoms. The topological polar surface area (TPSA) is 43.9 Å². The normalized spacial score (nSPS) is 12.3. The van der Waals surface area contributed by atoms with Gasteiger partial charge in [-0.2, -0.15) is 0 Å². The number of ether oxygens (including phenoxy) is 1. The van der Waals surface area contributed by atoms with Gasteiger partial charge in [-0.3, -0.25) is 0 Å². The summed E-state index contributed by atoms with van der Waals surface area (Å²) < 4.78 is 11.0. The Balaban J connectivity index is 1.71. The molecule has 0 aliphatic rings. The zero-order chi connectivity index (χ0) is 17.8. The maximum absolute atomic E-state index is 11.8. The summed E-state index contributed by atoms with van der Waals surface area (Å²) in [5.41, 5.74) is 2.08. The number of benzene rings is 2. The second-order valence-electron chi connectivity index (χ2n) is 6.23. The third kappa shape index (κ3) is 4.41. The van der Waals surface area contributed by atoms with Crippen LogP contribution in [0.4, 0.5) is 0 Å². The van der Waals surface area contributed by atoms with Crippen molar-refractivity contribution in [3.63, 3.8) is 0 Å². The molecule has 130 valence electrons. The number of para-hydroxylation sites is 1. The fourth-order valence-electron chi connectivity index (χ4n) is 2.77. The SMILES string of the molecule is Cc1cc2oc(=O)cc(C[NH+](C)CCOc3ccccc3)c2cc1Cl. The summed E-state index contributed by atoms with van der Waals surface area (Å²) in [5, 5.41) is 1.56. The van der Waals surface area contributed by atoms with E-state index >= 15 is 0 Å². The van der Waals surface area contributed by atoms with Crippen molar-refractivity contribution in [1.82, 2.24) is 0 Å². The molecular weight excluding hydrogens is 338 g/mol. The van der Waals surface area contributed by atoms with E-state index in [-0.39, 0.29) is 5.63 Å². The summed E-state index contributed by atoms with van der Waals surface area (Å²) in [4.78, 5) is 13.1. The molecule has 0 aliphatic carbocycles. The Bertz CT molecular complexity index is 921. The first-order chi connectivity index (χ1) is 12.0. The van der Waals surface area contributed by atoms with Crippen molar-refractivity contribution in [2.45, 2.75) is 13.5 Å². The highest BCUT2D eigenvalue weighted by atomic mass is 35.5. The maximum Gasteiger partial charge on any atom is 0.336 e. The number of quaternary nitrogens is 1. The van der Waals surface area contributed by atoms with E-state index in [1.165, 1.54) is 4.90 Å². The molecule has 4 nitrogen and oxygen atoms in total. The van der Waals surface area contributed by atoms with Crippen LogP contribution in [-0.2, 0) is 6.54 Å². The molecule has 3 aromatic rings. The lowest BCUT2D eigenvalue weighted by atomic mass is 10.1. The Morgan fingerprint density at radius 3 is 2.68 bits per heavy atom. The minimum Gasteiger partial charge on any atom is -0.488 e. The molecule has 0 saturated carbocycles. The maximum atomic E-state index is 11.8. The smallest absolute Gasteiger partial charge is 0.336 e. The molecule has 0 amide bonds. The minimum atomic E-state index is -0.336. The van der Waals surface area contributed by atoms with E-state index in [1.54, 1.807) is 6.07 Å². The Morgan fingerprint density at radius 2 is 1.92 bits per heavy atom. The van der Waals surface area contributed by atoms with Gasteiger partial charge in [-0.25, -0.2) is 4.79 Å². The summed E-state index contributed by atoms with van der Waals surface area (Å²) >= 11 is 6.24. The van der Waals surface area contributed by atoms with Crippen molar-refractivity contribution < 1.29 is 14.1 Å². The first kappa shape index (κ1) is 17.5. The van der Waals surface area contributed by atoms with E-state index in [9.17, 15) is 4.79 Å². The van der Waals surface area contributed by atoms with Gasteiger partial charge in [0, 0.05) is 22.0 Å². The summed E-state index contributed by atoms with van der Waals surface area (Å²) in [6.45, 7) is 4.01. The molecule has 0 radical (unpaired) electrons. The van der Waals surface area contributed by atoms with E-state index < -0.39 is 0 Å². The van der Waals surface area contributed by atoms with Gasteiger partial charge in [0.05, 0.1) is 7.05 Å². The molecule has 3 rings (SSSR count). The fourth-order valence-corrected chi connectivity index (χ4v) is 2.93. The van der Waals surface area contributed by atoms with Crippen LogP contribution in [-0.4, -0.2) is 20.2 Å². The molecule has 1 N–H and O–H groups in total. The lowest BCUT2D eigenvalue weighted by Crippen LogP contribution is -3.08. The lowest BCUT2D eigenvalue weighted by molar-refractivity contribution is -0.893. The molecular formula is C20H21ClNO3+. The number of likely N-dealkylation sites (N-methyl/N-ethyl adjacent to an activating group) is 1. The van der Waals surface area contributed by atoms with Crippen LogP contribution in [0.15, 0.2) is 57.7 Å². The Hall–Kier alpha value is -2.30. The van der Waals surface area contributed by atoms with Crippen molar-refractivity contribution in [2.24, 2.45) is 0 Å².